The molecule has 0 unspecified atom stereocenters. The Bertz CT molecular complexity index is 719. The Balaban J connectivity index is 2.40. The van der Waals surface area contributed by atoms with E-state index in [1.54, 1.807) is 30.3 Å². The van der Waals surface area contributed by atoms with Crippen LogP contribution in [0.3, 0.4) is 0 Å². The van der Waals surface area contributed by atoms with E-state index in [0.717, 1.165) is 0 Å². The van der Waals surface area contributed by atoms with Crippen molar-refractivity contribution in [2.75, 3.05) is 10.5 Å². The van der Waals surface area contributed by atoms with Gasteiger partial charge in [-0.25, -0.2) is 8.42 Å². The van der Waals surface area contributed by atoms with Gasteiger partial charge in [-0.3, -0.25) is 4.72 Å². The molecule has 3 N–H and O–H groups in total. The lowest BCUT2D eigenvalue weighted by molar-refractivity contribution is 0.601. The van der Waals surface area contributed by atoms with E-state index >= 15 is 0 Å². The molecule has 4 nitrogen and oxygen atoms in total. The molecule has 0 heterocycles. The molecule has 0 amide bonds. The fourth-order valence-corrected chi connectivity index (χ4v) is 3.62. The van der Waals surface area contributed by atoms with Crippen LogP contribution in [-0.4, -0.2) is 8.42 Å². The molecule has 0 aromatic heterocycles. The molecule has 2 aromatic rings. The summed E-state index contributed by atoms with van der Waals surface area (Å²) in [6.45, 7) is 0. The third-order valence-electron chi connectivity index (χ3n) is 2.38. The number of sulfonamides is 1. The van der Waals surface area contributed by atoms with Gasteiger partial charge < -0.3 is 5.73 Å². The molecule has 19 heavy (non-hydrogen) atoms. The van der Waals surface area contributed by atoms with Crippen molar-refractivity contribution in [2.24, 2.45) is 0 Å². The zero-order valence-electron chi connectivity index (χ0n) is 9.60. The maximum absolute atomic E-state index is 12.2. The number of nitrogen functional groups attached to an aromatic ring is 1. The fourth-order valence-electron chi connectivity index (χ4n) is 1.50. The van der Waals surface area contributed by atoms with Gasteiger partial charge in [0.25, 0.3) is 10.0 Å². The standard InChI is InChI=1S/C12H10BrClN2O2S/c13-9-7-8(14)5-6-11(9)16-19(17,18)12-4-2-1-3-10(12)15/h1-7,16H,15H2. The molecule has 2 rings (SSSR count). The molecule has 0 bridgehead atoms. The maximum Gasteiger partial charge on any atom is 0.263 e. The molecular formula is C12H10BrClN2O2S. The van der Waals surface area contributed by atoms with Crippen molar-refractivity contribution in [3.8, 4) is 0 Å². The number of rotatable bonds is 3. The molecular weight excluding hydrogens is 352 g/mol. The number of nitrogens with two attached hydrogens (primary N) is 1. The first kappa shape index (κ1) is 14.2. The molecule has 0 aliphatic heterocycles. The molecule has 0 aliphatic carbocycles. The van der Waals surface area contributed by atoms with Gasteiger partial charge >= 0.3 is 0 Å². The van der Waals surface area contributed by atoms with E-state index in [-0.39, 0.29) is 10.6 Å². The second kappa shape index (κ2) is 5.40. The lowest BCUT2D eigenvalue weighted by Crippen LogP contribution is -2.15. The Kier molecular flexibility index (Phi) is 4.03. The van der Waals surface area contributed by atoms with Gasteiger partial charge in [0.15, 0.2) is 0 Å². The molecule has 2 aromatic carbocycles. The van der Waals surface area contributed by atoms with Crippen LogP contribution in [0.25, 0.3) is 0 Å². The Morgan fingerprint density at radius 1 is 1.16 bits per heavy atom. The van der Waals surface area contributed by atoms with Crippen LogP contribution in [0.15, 0.2) is 51.8 Å². The normalized spacial score (nSPS) is 11.3. The van der Waals surface area contributed by atoms with E-state index in [0.29, 0.717) is 15.2 Å². The van der Waals surface area contributed by atoms with Gasteiger partial charge in [0.1, 0.15) is 4.90 Å². The predicted octanol–water partition coefficient (Wildman–Crippen LogP) is 3.49. The lowest BCUT2D eigenvalue weighted by Gasteiger charge is -2.11. The van der Waals surface area contributed by atoms with Gasteiger partial charge in [0, 0.05) is 9.50 Å². The number of halogens is 2. The van der Waals surface area contributed by atoms with Crippen molar-refractivity contribution < 1.29 is 8.42 Å². The quantitative estimate of drug-likeness (QED) is 0.822. The van der Waals surface area contributed by atoms with Crippen LogP contribution >= 0.6 is 27.5 Å². The van der Waals surface area contributed by atoms with Crippen molar-refractivity contribution in [1.82, 2.24) is 0 Å². The van der Waals surface area contributed by atoms with Gasteiger partial charge in [-0.2, -0.15) is 0 Å². The van der Waals surface area contributed by atoms with Crippen molar-refractivity contribution in [3.63, 3.8) is 0 Å². The second-order valence-corrected chi connectivity index (χ2v) is 6.71. The van der Waals surface area contributed by atoms with Crippen LogP contribution in [0.4, 0.5) is 11.4 Å². The lowest BCUT2D eigenvalue weighted by atomic mass is 10.3. The maximum atomic E-state index is 12.2. The van der Waals surface area contributed by atoms with Crippen molar-refractivity contribution in [3.05, 3.63) is 52.0 Å². The minimum absolute atomic E-state index is 0.0388. The van der Waals surface area contributed by atoms with Crippen LogP contribution in [0.1, 0.15) is 0 Å². The van der Waals surface area contributed by atoms with E-state index in [1.165, 1.54) is 12.1 Å². The summed E-state index contributed by atoms with van der Waals surface area (Å²) in [5.41, 5.74) is 6.26. The molecule has 0 atom stereocenters. The topological polar surface area (TPSA) is 72.2 Å². The summed E-state index contributed by atoms with van der Waals surface area (Å²) in [5, 5.41) is 0.508. The number of nitrogens with one attached hydrogen (secondary N) is 1. The van der Waals surface area contributed by atoms with Gasteiger partial charge in [-0.1, -0.05) is 23.7 Å². The molecule has 100 valence electrons. The van der Waals surface area contributed by atoms with E-state index in [9.17, 15) is 8.42 Å². The zero-order chi connectivity index (χ0) is 14.0. The summed E-state index contributed by atoms with van der Waals surface area (Å²) in [7, 11) is -3.73. The molecule has 0 saturated heterocycles. The summed E-state index contributed by atoms with van der Waals surface area (Å²) in [4.78, 5) is 0.0388. The summed E-state index contributed by atoms with van der Waals surface area (Å²) < 4.78 is 27.4. The first-order valence-corrected chi connectivity index (χ1v) is 7.88. The average Bonchev–Trinajstić information content (AvgIpc) is 2.33. The number of benzene rings is 2. The number of anilines is 2. The van der Waals surface area contributed by atoms with Crippen LogP contribution < -0.4 is 10.5 Å². The highest BCUT2D eigenvalue weighted by molar-refractivity contribution is 9.10. The Labute approximate surface area is 124 Å². The third kappa shape index (κ3) is 3.20. The minimum Gasteiger partial charge on any atom is -0.398 e. The highest BCUT2D eigenvalue weighted by atomic mass is 79.9. The first-order chi connectivity index (χ1) is 8.90. The van der Waals surface area contributed by atoms with Crippen molar-refractivity contribution in [2.45, 2.75) is 4.90 Å². The van der Waals surface area contributed by atoms with Crippen LogP contribution in [-0.2, 0) is 10.0 Å². The highest BCUT2D eigenvalue weighted by Crippen LogP contribution is 2.29. The third-order valence-corrected chi connectivity index (χ3v) is 4.71. The number of hydrogen-bond donors (Lipinski definition) is 2. The number of hydrogen-bond acceptors (Lipinski definition) is 3. The Morgan fingerprint density at radius 2 is 1.84 bits per heavy atom. The van der Waals surface area contributed by atoms with E-state index in [4.69, 9.17) is 17.3 Å². The summed E-state index contributed by atoms with van der Waals surface area (Å²) >= 11 is 9.05. The van der Waals surface area contributed by atoms with Gasteiger partial charge in [-0.05, 0) is 46.3 Å². The molecule has 0 fully saturated rings. The van der Waals surface area contributed by atoms with Crippen molar-refractivity contribution in [1.29, 1.82) is 0 Å². The van der Waals surface area contributed by atoms with E-state index < -0.39 is 10.0 Å². The smallest absolute Gasteiger partial charge is 0.263 e. The monoisotopic (exact) mass is 360 g/mol. The van der Waals surface area contributed by atoms with Crippen LogP contribution in [0.5, 0.6) is 0 Å². The molecule has 0 radical (unpaired) electrons. The summed E-state index contributed by atoms with van der Waals surface area (Å²) in [6, 6.07) is 11.0. The average molecular weight is 362 g/mol. The largest absolute Gasteiger partial charge is 0.398 e. The second-order valence-electron chi connectivity index (χ2n) is 3.77. The van der Waals surface area contributed by atoms with Crippen LogP contribution in [0, 0.1) is 0 Å². The zero-order valence-corrected chi connectivity index (χ0v) is 12.8. The summed E-state index contributed by atoms with van der Waals surface area (Å²) in [5.74, 6) is 0. The molecule has 7 heteroatoms. The Hall–Kier alpha value is -1.24. The van der Waals surface area contributed by atoms with E-state index in [2.05, 4.69) is 20.7 Å². The Morgan fingerprint density at radius 3 is 2.47 bits per heavy atom. The van der Waals surface area contributed by atoms with E-state index in [1.807, 2.05) is 0 Å². The van der Waals surface area contributed by atoms with Gasteiger partial charge in [-0.15, -0.1) is 0 Å². The van der Waals surface area contributed by atoms with Crippen molar-refractivity contribution >= 4 is 48.9 Å². The fraction of sp³-hybridized carbons (Fsp3) is 0. The van der Waals surface area contributed by atoms with Gasteiger partial charge in [0.05, 0.1) is 11.4 Å². The highest BCUT2D eigenvalue weighted by Gasteiger charge is 2.18. The summed E-state index contributed by atoms with van der Waals surface area (Å²) in [6.07, 6.45) is 0. The van der Waals surface area contributed by atoms with Gasteiger partial charge in [0.2, 0.25) is 0 Å². The molecule has 0 saturated carbocycles. The molecule has 0 aliphatic rings. The minimum atomic E-state index is -3.73. The predicted molar refractivity (Wildman–Crippen MR) is 80.8 cm³/mol. The first-order valence-electron chi connectivity index (χ1n) is 5.22. The van der Waals surface area contributed by atoms with Crippen LogP contribution in [0.2, 0.25) is 5.02 Å². The molecule has 0 spiro atoms. The number of para-hydroxylation sites is 1. The SMILES string of the molecule is Nc1ccccc1S(=O)(=O)Nc1ccc(Cl)cc1Br.